The average molecular weight is 946 g/mol. The molecule has 5 nitrogen and oxygen atoms in total. The van der Waals surface area contributed by atoms with Crippen LogP contribution in [0.5, 0.6) is 11.5 Å². The number of halogens is 2. The second kappa shape index (κ2) is 14.7. The zero-order valence-corrected chi connectivity index (χ0v) is 35.2. The molecule has 0 fully saturated rings. The van der Waals surface area contributed by atoms with Crippen LogP contribution in [0.3, 0.4) is 0 Å². The molecule has 0 unspecified atom stereocenters. The normalized spacial score (nSPS) is 12.6. The van der Waals surface area contributed by atoms with Crippen molar-refractivity contribution in [1.82, 2.24) is 18.7 Å². The van der Waals surface area contributed by atoms with Gasteiger partial charge >= 0.3 is 27.1 Å². The minimum atomic E-state index is -0.637. The molecule has 9 rings (SSSR count). The van der Waals surface area contributed by atoms with Crippen LogP contribution < -0.4 is 13.9 Å². The zero-order chi connectivity index (χ0) is 39.6. The topological polar surface area (TPSA) is 33.1 Å². The molecule has 0 radical (unpaired) electrons. The van der Waals surface area contributed by atoms with E-state index in [1.165, 1.54) is 17.7 Å². The van der Waals surface area contributed by atoms with Gasteiger partial charge in [0.25, 0.3) is 11.4 Å². The maximum absolute atomic E-state index is 14.4. The summed E-state index contributed by atoms with van der Waals surface area (Å²) in [5.74, 6) is 0.609. The van der Waals surface area contributed by atoms with Gasteiger partial charge in [-0.15, -0.1) is 29.1 Å². The van der Waals surface area contributed by atoms with E-state index in [1.54, 1.807) is 0 Å². The van der Waals surface area contributed by atoms with Crippen molar-refractivity contribution in [3.8, 4) is 28.4 Å². The number of pyridine rings is 1. The van der Waals surface area contributed by atoms with Gasteiger partial charge in [-0.2, -0.15) is 6.07 Å². The second-order valence-corrected chi connectivity index (χ2v) is 16.5. The minimum Gasteiger partial charge on any atom is -0.509 e. The summed E-state index contributed by atoms with van der Waals surface area (Å²) >= 11 is 0. The van der Waals surface area contributed by atoms with Crippen LogP contribution in [0.15, 0.2) is 134 Å². The Hall–Kier alpha value is -6.00. The number of para-hydroxylation sites is 4. The van der Waals surface area contributed by atoms with Crippen LogP contribution in [-0.2, 0) is 31.9 Å². The third-order valence-corrected chi connectivity index (χ3v) is 10.4. The first-order chi connectivity index (χ1) is 27.3. The predicted molar refractivity (Wildman–Crippen MR) is 226 cm³/mol. The van der Waals surface area contributed by atoms with E-state index in [1.807, 2.05) is 82.1 Å². The second-order valence-electron chi connectivity index (χ2n) is 16.5. The fourth-order valence-electron chi connectivity index (χ4n) is 7.47. The van der Waals surface area contributed by atoms with Crippen LogP contribution in [0, 0.1) is 23.8 Å². The Morgan fingerprint density at radius 3 is 2.00 bits per heavy atom. The Morgan fingerprint density at radius 1 is 0.621 bits per heavy atom. The summed E-state index contributed by atoms with van der Waals surface area (Å²) in [5.41, 5.74) is 8.11. The van der Waals surface area contributed by atoms with Gasteiger partial charge < -0.3 is 9.30 Å². The maximum Gasteiger partial charge on any atom is 2.00 e. The Bertz CT molecular complexity index is 2960. The van der Waals surface area contributed by atoms with E-state index < -0.39 is 11.6 Å². The molecule has 1 aliphatic rings. The van der Waals surface area contributed by atoms with Gasteiger partial charge in [0.15, 0.2) is 0 Å². The number of benzene rings is 6. The molecule has 8 aromatic rings. The summed E-state index contributed by atoms with van der Waals surface area (Å²) in [6.45, 7) is 13.1. The van der Waals surface area contributed by atoms with Gasteiger partial charge in [-0.3, -0.25) is 0 Å². The van der Waals surface area contributed by atoms with Crippen molar-refractivity contribution in [2.45, 2.75) is 52.4 Å². The molecule has 0 spiro atoms. The van der Waals surface area contributed by atoms with Crippen LogP contribution >= 0.6 is 0 Å². The summed E-state index contributed by atoms with van der Waals surface area (Å²) in [7, 11) is 0. The van der Waals surface area contributed by atoms with Gasteiger partial charge in [0, 0.05) is 47.5 Å². The van der Waals surface area contributed by atoms with E-state index in [2.05, 4.69) is 107 Å². The van der Waals surface area contributed by atoms with Crippen molar-refractivity contribution < 1.29 is 34.6 Å². The van der Waals surface area contributed by atoms with Gasteiger partial charge in [-0.1, -0.05) is 106 Å². The fraction of sp³-hybridized carbons (Fsp3) is 0.160. The molecular weight excluding hydrogens is 906 g/mol. The average Bonchev–Trinajstić information content (AvgIpc) is 3.73. The summed E-state index contributed by atoms with van der Waals surface area (Å²) in [4.78, 5) is 4.83. The maximum atomic E-state index is 14.4. The molecule has 8 heteroatoms. The molecule has 2 aromatic heterocycles. The van der Waals surface area contributed by atoms with Crippen molar-refractivity contribution >= 4 is 50.6 Å². The molecule has 0 N–H and O–H groups in total. The van der Waals surface area contributed by atoms with Gasteiger partial charge in [0.05, 0.1) is 5.56 Å². The molecule has 288 valence electrons. The minimum absolute atomic E-state index is 0. The van der Waals surface area contributed by atoms with E-state index in [4.69, 9.17) is 9.72 Å². The molecule has 6 aromatic carbocycles. The SMILES string of the molecule is CC(C)(C)c1cc(Oc2[c-]c3c(cc2)c2ccccc2n3-c2cc(C(C)(C)C)ccn2)[c-]c([N+]2=C=[N+](c3ccccc3-c3cc(F)cc(F)c3)c3ccccc32)c1.[Pt+2]. The van der Waals surface area contributed by atoms with Crippen LogP contribution in [0.4, 0.5) is 31.5 Å². The van der Waals surface area contributed by atoms with Gasteiger partial charge in [0.1, 0.15) is 23.1 Å². The van der Waals surface area contributed by atoms with Crippen LogP contribution in [-0.4, -0.2) is 15.6 Å². The number of rotatable bonds is 6. The number of fused-ring (bicyclic) bond motifs is 4. The quantitative estimate of drug-likeness (QED) is 0.123. The predicted octanol–water partition coefficient (Wildman–Crippen LogP) is 13.0. The Labute approximate surface area is 351 Å². The molecule has 58 heavy (non-hydrogen) atoms. The first-order valence-electron chi connectivity index (χ1n) is 19.0. The van der Waals surface area contributed by atoms with E-state index in [-0.39, 0.29) is 31.9 Å². The smallest absolute Gasteiger partial charge is 0.509 e. The summed E-state index contributed by atoms with van der Waals surface area (Å²) < 4.78 is 41.6. The third kappa shape index (κ3) is 7.10. The molecule has 0 atom stereocenters. The molecular formula is C50H40F2N4OPt+2. The third-order valence-electron chi connectivity index (χ3n) is 10.4. The molecule has 0 saturated heterocycles. The molecule has 0 bridgehead atoms. The Balaban J connectivity index is 0.00000469. The van der Waals surface area contributed by atoms with Crippen molar-refractivity contribution in [3.63, 3.8) is 0 Å². The number of hydrogen-bond donors (Lipinski definition) is 0. The number of hydrogen-bond acceptors (Lipinski definition) is 2. The fourth-order valence-corrected chi connectivity index (χ4v) is 7.47. The first kappa shape index (κ1) is 38.9. The number of nitrogens with zero attached hydrogens (tertiary/aromatic N) is 4. The van der Waals surface area contributed by atoms with E-state index >= 15 is 0 Å². The van der Waals surface area contributed by atoms with E-state index in [9.17, 15) is 8.78 Å². The first-order valence-corrected chi connectivity index (χ1v) is 19.0. The van der Waals surface area contributed by atoms with Gasteiger partial charge in [-0.05, 0) is 68.3 Å². The molecule has 0 saturated carbocycles. The standard InChI is InChI=1S/C50H40F2N4O.Pt/c1-49(2,3)33-21-22-53-48(27-33)56-44-16-10-8-14-41(44)42-20-19-38(30-47(42)56)57-39-26-34(50(4,5)6)25-37(29-39)54-31-55(46-18-12-11-17-45(46)54)43-15-9-7-13-40(43)32-23-35(51)28-36(52)24-32;/h7-28H,1-6H3;/q;+2. The zero-order valence-electron chi connectivity index (χ0n) is 33.0. The number of ether oxygens (including phenoxy) is 1. The Morgan fingerprint density at radius 2 is 1.28 bits per heavy atom. The van der Waals surface area contributed by atoms with Crippen molar-refractivity contribution in [3.05, 3.63) is 168 Å². The van der Waals surface area contributed by atoms with E-state index in [0.29, 0.717) is 22.6 Å². The monoisotopic (exact) mass is 945 g/mol. The van der Waals surface area contributed by atoms with Crippen molar-refractivity contribution in [2.24, 2.45) is 0 Å². The molecule has 0 aliphatic carbocycles. The van der Waals surface area contributed by atoms with Gasteiger partial charge in [0.2, 0.25) is 5.69 Å². The largest absolute Gasteiger partial charge is 2.00 e. The summed E-state index contributed by atoms with van der Waals surface area (Å²) in [6.07, 6.45) is 1.87. The van der Waals surface area contributed by atoms with E-state index in [0.717, 1.165) is 62.0 Å². The van der Waals surface area contributed by atoms with Crippen LogP contribution in [0.25, 0.3) is 38.8 Å². The summed E-state index contributed by atoms with van der Waals surface area (Å²) in [5, 5.41) is 2.16. The molecule has 0 amide bonds. The number of aromatic nitrogens is 2. The molecule has 1 aliphatic heterocycles. The summed E-state index contributed by atoms with van der Waals surface area (Å²) in [6, 6.07) is 50.5. The van der Waals surface area contributed by atoms with Crippen molar-refractivity contribution in [1.29, 1.82) is 0 Å². The molecule has 3 heterocycles. The Kier molecular flexibility index (Phi) is 9.87. The van der Waals surface area contributed by atoms with Crippen molar-refractivity contribution in [2.75, 3.05) is 0 Å². The van der Waals surface area contributed by atoms with Gasteiger partial charge in [-0.25, -0.2) is 13.8 Å². The van der Waals surface area contributed by atoms with Crippen LogP contribution in [0.1, 0.15) is 52.7 Å². The van der Waals surface area contributed by atoms with Crippen LogP contribution in [0.2, 0.25) is 0 Å².